The van der Waals surface area contributed by atoms with Crippen LogP contribution in [0.2, 0.25) is 0 Å². The normalized spacial score (nSPS) is 12.8. The second-order valence-electron chi connectivity index (χ2n) is 7.26. The molecule has 1 unspecified atom stereocenters. The van der Waals surface area contributed by atoms with E-state index in [0.29, 0.717) is 18.0 Å². The number of aliphatic imine (C=N–C) groups is 1. The summed E-state index contributed by atoms with van der Waals surface area (Å²) < 4.78 is 10.6. The Morgan fingerprint density at radius 2 is 1.80 bits per heavy atom. The first-order valence-corrected chi connectivity index (χ1v) is 8.47. The van der Waals surface area contributed by atoms with E-state index in [1.807, 2.05) is 18.2 Å². The van der Waals surface area contributed by atoms with Crippen LogP contribution >= 0.6 is 24.0 Å². The maximum Gasteiger partial charge on any atom is 0.191 e. The Hall–Kier alpha value is -1.18. The van der Waals surface area contributed by atoms with Crippen molar-refractivity contribution in [3.63, 3.8) is 0 Å². The van der Waals surface area contributed by atoms with Crippen molar-refractivity contribution in [2.24, 2.45) is 10.4 Å². The Bertz CT molecular complexity index is 542. The molecule has 0 bridgehead atoms. The highest BCUT2D eigenvalue weighted by Gasteiger charge is 2.13. The molecule has 25 heavy (non-hydrogen) atoms. The molecule has 0 spiro atoms. The minimum atomic E-state index is 0. The van der Waals surface area contributed by atoms with E-state index in [9.17, 15) is 0 Å². The molecule has 1 rings (SSSR count). The minimum Gasteiger partial charge on any atom is -0.493 e. The van der Waals surface area contributed by atoms with Gasteiger partial charge < -0.3 is 20.1 Å². The maximum absolute atomic E-state index is 5.34. The van der Waals surface area contributed by atoms with E-state index in [2.05, 4.69) is 43.3 Å². The Kier molecular flexibility index (Phi) is 10.9. The van der Waals surface area contributed by atoms with E-state index >= 15 is 0 Å². The molecule has 0 aromatic heterocycles. The number of hydrogen-bond acceptors (Lipinski definition) is 3. The molecule has 1 atom stereocenters. The fourth-order valence-corrected chi connectivity index (χ4v) is 2.33. The monoisotopic (exact) mass is 463 g/mol. The van der Waals surface area contributed by atoms with Crippen LogP contribution < -0.4 is 20.1 Å². The summed E-state index contributed by atoms with van der Waals surface area (Å²) in [7, 11) is 5.08. The highest BCUT2D eigenvalue weighted by atomic mass is 127. The third kappa shape index (κ3) is 9.18. The summed E-state index contributed by atoms with van der Waals surface area (Å²) >= 11 is 0. The molecule has 0 radical (unpaired) electrons. The lowest BCUT2D eigenvalue weighted by molar-refractivity contribution is 0.346. The summed E-state index contributed by atoms with van der Waals surface area (Å²) in [6.45, 7) is 9.67. The Morgan fingerprint density at radius 3 is 2.32 bits per heavy atom. The summed E-state index contributed by atoms with van der Waals surface area (Å²) in [6.07, 6.45) is 2.29. The van der Waals surface area contributed by atoms with Crippen LogP contribution in [-0.2, 0) is 6.54 Å². The molecular weight excluding hydrogens is 429 g/mol. The van der Waals surface area contributed by atoms with Gasteiger partial charge in [-0.15, -0.1) is 24.0 Å². The molecule has 5 nitrogen and oxygen atoms in total. The van der Waals surface area contributed by atoms with Crippen molar-refractivity contribution in [3.05, 3.63) is 23.8 Å². The number of hydrogen-bond donors (Lipinski definition) is 2. The van der Waals surface area contributed by atoms with Gasteiger partial charge in [0, 0.05) is 19.6 Å². The molecule has 0 saturated heterocycles. The Labute approximate surface area is 170 Å². The van der Waals surface area contributed by atoms with E-state index in [1.54, 1.807) is 21.3 Å². The van der Waals surface area contributed by atoms with Crippen molar-refractivity contribution in [1.29, 1.82) is 0 Å². The highest BCUT2D eigenvalue weighted by Crippen LogP contribution is 2.27. The van der Waals surface area contributed by atoms with Gasteiger partial charge in [0.05, 0.1) is 14.2 Å². The van der Waals surface area contributed by atoms with Gasteiger partial charge in [-0.2, -0.15) is 0 Å². The van der Waals surface area contributed by atoms with Gasteiger partial charge >= 0.3 is 0 Å². The number of rotatable bonds is 7. The molecular formula is C19H34IN3O2. The van der Waals surface area contributed by atoms with Crippen molar-refractivity contribution < 1.29 is 9.47 Å². The van der Waals surface area contributed by atoms with Crippen LogP contribution in [0.3, 0.4) is 0 Å². The summed E-state index contributed by atoms with van der Waals surface area (Å²) in [4.78, 5) is 4.30. The molecule has 144 valence electrons. The molecule has 2 N–H and O–H groups in total. The first-order valence-electron chi connectivity index (χ1n) is 8.47. The molecule has 6 heteroatoms. The smallest absolute Gasteiger partial charge is 0.191 e. The quantitative estimate of drug-likeness (QED) is 0.362. The number of benzene rings is 1. The second-order valence-corrected chi connectivity index (χ2v) is 7.26. The molecule has 0 aliphatic rings. The van der Waals surface area contributed by atoms with Crippen molar-refractivity contribution in [2.45, 2.75) is 53.1 Å². The van der Waals surface area contributed by atoms with E-state index < -0.39 is 0 Å². The summed E-state index contributed by atoms with van der Waals surface area (Å²) in [6, 6.07) is 6.28. The van der Waals surface area contributed by atoms with Crippen LogP contribution in [-0.4, -0.2) is 33.3 Å². The summed E-state index contributed by atoms with van der Waals surface area (Å²) in [5.74, 6) is 2.28. The van der Waals surface area contributed by atoms with E-state index in [0.717, 1.165) is 29.4 Å². The average molecular weight is 463 g/mol. The lowest BCUT2D eigenvalue weighted by Crippen LogP contribution is -2.42. The lowest BCUT2D eigenvalue weighted by atomic mass is 9.89. The fourth-order valence-electron chi connectivity index (χ4n) is 2.33. The number of methoxy groups -OCH3 is 2. The number of ether oxygens (including phenoxy) is 2. The van der Waals surface area contributed by atoms with Gasteiger partial charge in [0.1, 0.15) is 0 Å². The number of halogens is 1. The third-order valence-electron chi connectivity index (χ3n) is 3.84. The molecule has 0 heterocycles. The lowest BCUT2D eigenvalue weighted by Gasteiger charge is -2.23. The van der Waals surface area contributed by atoms with Crippen LogP contribution in [0.15, 0.2) is 23.2 Å². The summed E-state index contributed by atoms with van der Waals surface area (Å²) in [5, 5.41) is 6.79. The van der Waals surface area contributed by atoms with E-state index in [1.165, 1.54) is 6.42 Å². The zero-order valence-corrected chi connectivity index (χ0v) is 18.9. The van der Waals surface area contributed by atoms with Gasteiger partial charge in [-0.05, 0) is 42.9 Å². The largest absolute Gasteiger partial charge is 0.493 e. The standard InChI is InChI=1S/C19H33N3O2.HI/c1-14(10-11-19(2,3)4)22-18(20-5)21-13-15-8-9-16(23-6)17(12-15)24-7;/h8-9,12,14H,10-11,13H2,1-7H3,(H2,20,21,22);1H. The third-order valence-corrected chi connectivity index (χ3v) is 3.84. The number of nitrogens with zero attached hydrogens (tertiary/aromatic N) is 1. The van der Waals surface area contributed by atoms with Crippen molar-refractivity contribution in [2.75, 3.05) is 21.3 Å². The van der Waals surface area contributed by atoms with E-state index in [4.69, 9.17) is 9.47 Å². The molecule has 0 aliphatic carbocycles. The molecule has 0 saturated carbocycles. The van der Waals surface area contributed by atoms with Crippen LogP contribution in [0.1, 0.15) is 46.1 Å². The van der Waals surface area contributed by atoms with Crippen molar-refractivity contribution in [1.82, 2.24) is 10.6 Å². The SMILES string of the molecule is CN=C(NCc1ccc(OC)c(OC)c1)NC(C)CCC(C)(C)C.I. The molecule has 0 aliphatic heterocycles. The van der Waals surface area contributed by atoms with Gasteiger partial charge in [-0.1, -0.05) is 26.8 Å². The average Bonchev–Trinajstić information content (AvgIpc) is 2.55. The van der Waals surface area contributed by atoms with Gasteiger partial charge in [0.2, 0.25) is 0 Å². The van der Waals surface area contributed by atoms with E-state index in [-0.39, 0.29) is 24.0 Å². The van der Waals surface area contributed by atoms with Gasteiger partial charge in [0.15, 0.2) is 17.5 Å². The predicted octanol–water partition coefficient (Wildman–Crippen LogP) is 4.20. The first kappa shape index (κ1) is 23.8. The van der Waals surface area contributed by atoms with Crippen LogP contribution in [0, 0.1) is 5.41 Å². The highest BCUT2D eigenvalue weighted by molar-refractivity contribution is 14.0. The van der Waals surface area contributed by atoms with Crippen LogP contribution in [0.25, 0.3) is 0 Å². The number of nitrogens with one attached hydrogen (secondary N) is 2. The zero-order chi connectivity index (χ0) is 18.2. The predicted molar refractivity (Wildman–Crippen MR) is 116 cm³/mol. The Morgan fingerprint density at radius 1 is 1.16 bits per heavy atom. The zero-order valence-electron chi connectivity index (χ0n) is 16.6. The fraction of sp³-hybridized carbons (Fsp3) is 0.632. The van der Waals surface area contributed by atoms with Gasteiger partial charge in [0.25, 0.3) is 0 Å². The molecule has 1 aromatic rings. The molecule has 1 aromatic carbocycles. The summed E-state index contributed by atoms with van der Waals surface area (Å²) in [5.41, 5.74) is 1.46. The van der Waals surface area contributed by atoms with Gasteiger partial charge in [-0.3, -0.25) is 4.99 Å². The minimum absolute atomic E-state index is 0. The molecule has 0 amide bonds. The topological polar surface area (TPSA) is 54.9 Å². The second kappa shape index (κ2) is 11.4. The van der Waals surface area contributed by atoms with Gasteiger partial charge in [-0.25, -0.2) is 0 Å². The van der Waals surface area contributed by atoms with Crippen LogP contribution in [0.4, 0.5) is 0 Å². The maximum atomic E-state index is 5.34. The first-order chi connectivity index (χ1) is 11.3. The molecule has 0 fully saturated rings. The van der Waals surface area contributed by atoms with Crippen molar-refractivity contribution in [3.8, 4) is 11.5 Å². The Balaban J connectivity index is 0.00000576. The van der Waals surface area contributed by atoms with Crippen LogP contribution in [0.5, 0.6) is 11.5 Å². The number of guanidine groups is 1. The van der Waals surface area contributed by atoms with Crippen molar-refractivity contribution >= 4 is 29.9 Å².